The van der Waals surface area contributed by atoms with E-state index < -0.39 is 0 Å². The molecule has 3 nitrogen and oxygen atoms in total. The van der Waals surface area contributed by atoms with Gasteiger partial charge in [0.1, 0.15) is 0 Å². The van der Waals surface area contributed by atoms with E-state index in [0.717, 1.165) is 17.0 Å². The molecule has 0 saturated carbocycles. The number of hydrogen-bond acceptors (Lipinski definition) is 1. The van der Waals surface area contributed by atoms with Crippen molar-refractivity contribution >= 4 is 5.65 Å². The molecule has 2 aromatic rings. The second-order valence-electron chi connectivity index (χ2n) is 2.55. The summed E-state index contributed by atoms with van der Waals surface area (Å²) in [6.07, 6.45) is 1.97. The molecular weight excluding hydrogens is 150 g/mol. The monoisotopic (exact) mass is 165 g/mol. The van der Waals surface area contributed by atoms with E-state index in [9.17, 15) is 0 Å². The summed E-state index contributed by atoms with van der Waals surface area (Å²) in [7, 11) is 0. The minimum absolute atomic E-state index is 0.995. The van der Waals surface area contributed by atoms with Gasteiger partial charge in [-0.2, -0.15) is 0 Å². The first-order valence-corrected chi connectivity index (χ1v) is 4.27. The lowest BCUT2D eigenvalue weighted by Gasteiger charge is -1.79. The summed E-state index contributed by atoms with van der Waals surface area (Å²) in [5.74, 6) is 0. The number of nitrogens with one attached hydrogen (secondary N) is 1. The Morgan fingerprint density at radius 3 is 2.58 bits per heavy atom. The molecule has 0 bridgehead atoms. The first kappa shape index (κ1) is 8.84. The second-order valence-corrected chi connectivity index (χ2v) is 2.55. The summed E-state index contributed by atoms with van der Waals surface area (Å²) in [6, 6.07) is 2.02. The number of aromatic amines is 1. The van der Waals surface area contributed by atoms with E-state index in [1.807, 2.05) is 44.5 Å². The number of imidazole rings is 1. The lowest BCUT2D eigenvalue weighted by atomic mass is 10.5. The maximum absolute atomic E-state index is 4.27. The molecule has 66 valence electrons. The topological polar surface area (TPSA) is 33.1 Å². The normalized spacial score (nSPS) is 9.67. The molecule has 0 aromatic carbocycles. The Balaban J connectivity index is 0.000000336. The van der Waals surface area contributed by atoms with Crippen LogP contribution in [0.5, 0.6) is 0 Å². The number of rotatable bonds is 0. The lowest BCUT2D eigenvalue weighted by molar-refractivity contribution is 0.942. The largest absolute Gasteiger partial charge is 0.297 e. The van der Waals surface area contributed by atoms with Crippen LogP contribution in [0.15, 0.2) is 12.3 Å². The zero-order valence-electron chi connectivity index (χ0n) is 8.05. The van der Waals surface area contributed by atoms with Crippen molar-refractivity contribution in [2.24, 2.45) is 0 Å². The van der Waals surface area contributed by atoms with E-state index >= 15 is 0 Å². The highest BCUT2D eigenvalue weighted by molar-refractivity contribution is 5.40. The minimum atomic E-state index is 0.995. The van der Waals surface area contributed by atoms with Gasteiger partial charge in [-0.3, -0.25) is 5.10 Å². The molecule has 0 radical (unpaired) electrons. The van der Waals surface area contributed by atoms with Gasteiger partial charge in [0.2, 0.25) is 0 Å². The zero-order valence-corrected chi connectivity index (χ0v) is 8.05. The van der Waals surface area contributed by atoms with Gasteiger partial charge in [0, 0.05) is 18.0 Å². The third kappa shape index (κ3) is 1.49. The van der Waals surface area contributed by atoms with Crippen LogP contribution in [0.25, 0.3) is 5.65 Å². The van der Waals surface area contributed by atoms with Crippen LogP contribution in [0.2, 0.25) is 0 Å². The fourth-order valence-electron chi connectivity index (χ4n) is 1.12. The third-order valence-corrected chi connectivity index (χ3v) is 1.50. The van der Waals surface area contributed by atoms with Gasteiger partial charge in [-0.05, 0) is 13.8 Å². The Bertz CT molecular complexity index is 294. The van der Waals surface area contributed by atoms with E-state index in [2.05, 4.69) is 10.1 Å². The fourth-order valence-corrected chi connectivity index (χ4v) is 1.12. The molecule has 0 unspecified atom stereocenters. The van der Waals surface area contributed by atoms with Gasteiger partial charge in [-0.15, -0.1) is 0 Å². The van der Waals surface area contributed by atoms with E-state index in [4.69, 9.17) is 0 Å². The minimum Gasteiger partial charge on any atom is -0.297 e. The molecule has 0 amide bonds. The van der Waals surface area contributed by atoms with E-state index in [-0.39, 0.29) is 0 Å². The third-order valence-electron chi connectivity index (χ3n) is 1.50. The molecule has 0 spiro atoms. The van der Waals surface area contributed by atoms with Gasteiger partial charge in [0.15, 0.2) is 5.65 Å². The molecule has 0 atom stereocenters. The summed E-state index contributed by atoms with van der Waals surface area (Å²) < 4.78 is 1.92. The molecule has 3 heteroatoms. The number of fused-ring (bicyclic) bond motifs is 1. The summed E-state index contributed by atoms with van der Waals surface area (Å²) >= 11 is 0. The lowest BCUT2D eigenvalue weighted by Crippen LogP contribution is -1.79. The van der Waals surface area contributed by atoms with E-state index in [1.165, 1.54) is 0 Å². The van der Waals surface area contributed by atoms with Crippen molar-refractivity contribution < 1.29 is 0 Å². The fraction of sp³-hybridized carbons (Fsp3) is 0.444. The molecule has 2 rings (SSSR count). The first-order valence-electron chi connectivity index (χ1n) is 4.27. The average Bonchev–Trinajstić information content (AvgIpc) is 2.48. The summed E-state index contributed by atoms with van der Waals surface area (Å²) in [6.45, 7) is 8.00. The average molecular weight is 165 g/mol. The van der Waals surface area contributed by atoms with Crippen LogP contribution < -0.4 is 0 Å². The summed E-state index contributed by atoms with van der Waals surface area (Å²) in [4.78, 5) is 4.27. The van der Waals surface area contributed by atoms with Crippen molar-refractivity contribution in [3.05, 3.63) is 23.7 Å². The highest BCUT2D eigenvalue weighted by atomic mass is 15.3. The number of hydrogen-bond donors (Lipinski definition) is 1. The van der Waals surface area contributed by atoms with Gasteiger partial charge >= 0.3 is 0 Å². The number of aryl methyl sites for hydroxylation is 2. The Kier molecular flexibility index (Phi) is 2.53. The van der Waals surface area contributed by atoms with Crippen molar-refractivity contribution in [3.8, 4) is 0 Å². The van der Waals surface area contributed by atoms with Crippen molar-refractivity contribution in [1.82, 2.24) is 14.6 Å². The molecule has 12 heavy (non-hydrogen) atoms. The number of H-pyrrole nitrogens is 1. The number of aromatic nitrogens is 3. The van der Waals surface area contributed by atoms with Gasteiger partial charge < -0.3 is 0 Å². The van der Waals surface area contributed by atoms with Crippen LogP contribution >= 0.6 is 0 Å². The second kappa shape index (κ2) is 3.43. The standard InChI is InChI=1S/C7H9N3.C2H6/c1-5-3-7-8-6(2)4-10(7)9-5;1-2/h3-4,9H,1-2H3;1-2H3. The van der Waals surface area contributed by atoms with Crippen LogP contribution in [0, 0.1) is 13.8 Å². The van der Waals surface area contributed by atoms with Crippen LogP contribution in [0.4, 0.5) is 0 Å². The van der Waals surface area contributed by atoms with Crippen LogP contribution in [-0.4, -0.2) is 14.6 Å². The molecule has 1 N–H and O–H groups in total. The van der Waals surface area contributed by atoms with Gasteiger partial charge in [-0.25, -0.2) is 9.50 Å². The summed E-state index contributed by atoms with van der Waals surface area (Å²) in [5.41, 5.74) is 3.18. The summed E-state index contributed by atoms with van der Waals surface area (Å²) in [5, 5.41) is 3.13. The first-order chi connectivity index (χ1) is 5.75. The maximum atomic E-state index is 4.27. The van der Waals surface area contributed by atoms with Crippen LogP contribution in [0.3, 0.4) is 0 Å². The molecule has 0 fully saturated rings. The molecular formula is C9H15N3. The van der Waals surface area contributed by atoms with Gasteiger partial charge in [0.05, 0.1) is 5.69 Å². The Morgan fingerprint density at radius 1 is 1.33 bits per heavy atom. The number of nitrogens with zero attached hydrogens (tertiary/aromatic N) is 2. The predicted molar refractivity (Wildman–Crippen MR) is 50.4 cm³/mol. The predicted octanol–water partition coefficient (Wildman–Crippen LogP) is 2.31. The molecule has 0 aliphatic rings. The van der Waals surface area contributed by atoms with Crippen molar-refractivity contribution in [1.29, 1.82) is 0 Å². The van der Waals surface area contributed by atoms with Crippen LogP contribution in [-0.2, 0) is 0 Å². The Labute approximate surface area is 72.4 Å². The van der Waals surface area contributed by atoms with Crippen molar-refractivity contribution in [2.45, 2.75) is 27.7 Å². The molecule has 2 heterocycles. The van der Waals surface area contributed by atoms with E-state index in [0.29, 0.717) is 0 Å². The van der Waals surface area contributed by atoms with Crippen molar-refractivity contribution in [2.75, 3.05) is 0 Å². The Morgan fingerprint density at radius 2 is 2.00 bits per heavy atom. The SMILES string of the molecule is CC.Cc1cn2[nH]c(C)cc2n1. The smallest absolute Gasteiger partial charge is 0.153 e. The van der Waals surface area contributed by atoms with Crippen molar-refractivity contribution in [3.63, 3.8) is 0 Å². The van der Waals surface area contributed by atoms with E-state index in [1.54, 1.807) is 0 Å². The zero-order chi connectivity index (χ0) is 9.14. The molecule has 0 aliphatic carbocycles. The quantitative estimate of drug-likeness (QED) is 0.638. The Hall–Kier alpha value is -1.25. The highest BCUT2D eigenvalue weighted by Gasteiger charge is 1.97. The molecule has 2 aromatic heterocycles. The highest BCUT2D eigenvalue weighted by Crippen LogP contribution is 2.04. The van der Waals surface area contributed by atoms with Gasteiger partial charge in [-0.1, -0.05) is 13.8 Å². The molecule has 0 saturated heterocycles. The molecule has 0 aliphatic heterocycles. The van der Waals surface area contributed by atoms with Gasteiger partial charge in [0.25, 0.3) is 0 Å². The van der Waals surface area contributed by atoms with Crippen LogP contribution in [0.1, 0.15) is 25.2 Å². The maximum Gasteiger partial charge on any atom is 0.153 e.